The van der Waals surface area contributed by atoms with Crippen molar-refractivity contribution in [2.45, 2.75) is 32.4 Å². The molecule has 0 radical (unpaired) electrons. The van der Waals surface area contributed by atoms with Crippen LogP contribution in [-0.2, 0) is 4.79 Å². The van der Waals surface area contributed by atoms with Gasteiger partial charge in [-0.15, -0.1) is 0 Å². The number of hydrogen-bond acceptors (Lipinski definition) is 3. The molecule has 1 atom stereocenters. The lowest BCUT2D eigenvalue weighted by molar-refractivity contribution is -0.139. The number of amides is 1. The van der Waals surface area contributed by atoms with Crippen molar-refractivity contribution in [1.29, 1.82) is 0 Å². The van der Waals surface area contributed by atoms with E-state index in [0.29, 0.717) is 6.42 Å². The van der Waals surface area contributed by atoms with Gasteiger partial charge < -0.3 is 15.2 Å². The van der Waals surface area contributed by atoms with E-state index in [0.717, 1.165) is 0 Å². The second-order valence-corrected chi connectivity index (χ2v) is 4.03. The van der Waals surface area contributed by atoms with Crippen molar-refractivity contribution in [2.24, 2.45) is 0 Å². The molecule has 1 amide bonds. The van der Waals surface area contributed by atoms with Crippen molar-refractivity contribution in [3.63, 3.8) is 0 Å². The fourth-order valence-electron chi connectivity index (χ4n) is 1.64. The highest BCUT2D eigenvalue weighted by molar-refractivity contribution is 5.98. The van der Waals surface area contributed by atoms with Gasteiger partial charge in [0.25, 0.3) is 5.91 Å². The molecule has 1 aromatic carbocycles. The molecule has 20 heavy (non-hydrogen) atoms. The van der Waals surface area contributed by atoms with E-state index in [4.69, 9.17) is 5.11 Å². The summed E-state index contributed by atoms with van der Waals surface area (Å²) in [6, 6.07) is 4.36. The van der Waals surface area contributed by atoms with Crippen molar-refractivity contribution in [1.82, 2.24) is 5.32 Å². The van der Waals surface area contributed by atoms with Crippen molar-refractivity contribution >= 4 is 11.9 Å². The summed E-state index contributed by atoms with van der Waals surface area (Å²) in [6.07, 6.45) is 0.811. The Bertz CT molecular complexity index is 479. The molecular formula is C13H15F2NO4. The molecule has 2 N–H and O–H groups in total. The lowest BCUT2D eigenvalue weighted by Gasteiger charge is -2.15. The Morgan fingerprint density at radius 2 is 2.00 bits per heavy atom. The number of nitrogens with one attached hydrogen (secondary N) is 1. The van der Waals surface area contributed by atoms with Gasteiger partial charge in [0.05, 0.1) is 5.56 Å². The number of carboxylic acids is 1. The summed E-state index contributed by atoms with van der Waals surface area (Å²) < 4.78 is 28.7. The monoisotopic (exact) mass is 287 g/mol. The summed E-state index contributed by atoms with van der Waals surface area (Å²) in [7, 11) is 0. The fourth-order valence-corrected chi connectivity index (χ4v) is 1.64. The average molecular weight is 287 g/mol. The Morgan fingerprint density at radius 3 is 2.55 bits per heavy atom. The molecular weight excluding hydrogens is 272 g/mol. The molecule has 0 aliphatic carbocycles. The van der Waals surface area contributed by atoms with Crippen LogP contribution >= 0.6 is 0 Å². The highest BCUT2D eigenvalue weighted by atomic mass is 19.3. The standard InChI is InChI=1S/C13H15F2NO4/c1-2-5-9(12(18)19)16-11(17)8-6-3-4-7-10(8)20-13(14)15/h3-4,6-7,9,13H,2,5H2,1H3,(H,16,17)(H,18,19)/t9-/m1/s1. The first-order valence-electron chi connectivity index (χ1n) is 6.03. The molecule has 0 fully saturated rings. The smallest absolute Gasteiger partial charge is 0.387 e. The maximum Gasteiger partial charge on any atom is 0.387 e. The van der Waals surface area contributed by atoms with Gasteiger partial charge in [0.2, 0.25) is 0 Å². The number of ether oxygens (including phenoxy) is 1. The van der Waals surface area contributed by atoms with Crippen LogP contribution in [0.2, 0.25) is 0 Å². The molecule has 0 saturated heterocycles. The zero-order valence-electron chi connectivity index (χ0n) is 10.8. The Labute approximate surface area is 114 Å². The van der Waals surface area contributed by atoms with Gasteiger partial charge in [-0.3, -0.25) is 4.79 Å². The predicted octanol–water partition coefficient (Wildman–Crippen LogP) is 2.27. The Morgan fingerprint density at radius 1 is 1.35 bits per heavy atom. The minimum absolute atomic E-state index is 0.129. The number of halogens is 2. The number of carbonyl (C=O) groups excluding carboxylic acids is 1. The molecule has 1 rings (SSSR count). The largest absolute Gasteiger partial charge is 0.480 e. The number of hydrogen-bond donors (Lipinski definition) is 2. The summed E-state index contributed by atoms with van der Waals surface area (Å²) in [5.74, 6) is -2.23. The Kier molecular flexibility index (Phi) is 5.89. The van der Waals surface area contributed by atoms with Crippen molar-refractivity contribution in [2.75, 3.05) is 0 Å². The molecule has 0 bridgehead atoms. The number of benzene rings is 1. The molecule has 0 heterocycles. The van der Waals surface area contributed by atoms with E-state index in [2.05, 4.69) is 10.1 Å². The summed E-state index contributed by atoms with van der Waals surface area (Å²) in [5.41, 5.74) is -0.129. The van der Waals surface area contributed by atoms with E-state index in [9.17, 15) is 18.4 Å². The second-order valence-electron chi connectivity index (χ2n) is 4.03. The zero-order valence-corrected chi connectivity index (χ0v) is 10.8. The third kappa shape index (κ3) is 4.49. The topological polar surface area (TPSA) is 75.6 Å². The first-order valence-corrected chi connectivity index (χ1v) is 6.03. The van der Waals surface area contributed by atoms with E-state index in [1.807, 2.05) is 0 Å². The van der Waals surface area contributed by atoms with Gasteiger partial charge in [0.1, 0.15) is 11.8 Å². The van der Waals surface area contributed by atoms with Crippen LogP contribution in [0.25, 0.3) is 0 Å². The third-order valence-electron chi connectivity index (χ3n) is 2.53. The molecule has 110 valence electrons. The molecule has 0 unspecified atom stereocenters. The molecule has 0 spiro atoms. The quantitative estimate of drug-likeness (QED) is 0.806. The number of carbonyl (C=O) groups is 2. The van der Waals surface area contributed by atoms with E-state index >= 15 is 0 Å². The SMILES string of the molecule is CCC[C@@H](NC(=O)c1ccccc1OC(F)F)C(=O)O. The van der Waals surface area contributed by atoms with Gasteiger partial charge >= 0.3 is 12.6 Å². The summed E-state index contributed by atoms with van der Waals surface area (Å²) in [5, 5.41) is 11.2. The minimum Gasteiger partial charge on any atom is -0.480 e. The summed E-state index contributed by atoms with van der Waals surface area (Å²) in [4.78, 5) is 22.9. The van der Waals surface area contributed by atoms with Crippen LogP contribution in [-0.4, -0.2) is 29.6 Å². The highest BCUT2D eigenvalue weighted by Crippen LogP contribution is 2.20. The van der Waals surface area contributed by atoms with Gasteiger partial charge in [0, 0.05) is 0 Å². The number of alkyl halides is 2. The van der Waals surface area contributed by atoms with Gasteiger partial charge in [-0.2, -0.15) is 8.78 Å². The molecule has 0 aliphatic rings. The number of rotatable bonds is 7. The van der Waals surface area contributed by atoms with Gasteiger partial charge in [-0.25, -0.2) is 4.79 Å². The number of para-hydroxylation sites is 1. The van der Waals surface area contributed by atoms with Crippen molar-refractivity contribution in [3.8, 4) is 5.75 Å². The lowest BCUT2D eigenvalue weighted by atomic mass is 10.1. The van der Waals surface area contributed by atoms with Crippen LogP contribution in [0.1, 0.15) is 30.1 Å². The van der Waals surface area contributed by atoms with Crippen LogP contribution in [0.5, 0.6) is 5.75 Å². The second kappa shape index (κ2) is 7.42. The Hall–Kier alpha value is -2.18. The van der Waals surface area contributed by atoms with E-state index in [1.165, 1.54) is 24.3 Å². The van der Waals surface area contributed by atoms with E-state index in [-0.39, 0.29) is 17.7 Å². The van der Waals surface area contributed by atoms with Crippen LogP contribution in [0.4, 0.5) is 8.78 Å². The number of aliphatic carboxylic acids is 1. The van der Waals surface area contributed by atoms with Crippen LogP contribution in [0, 0.1) is 0 Å². The molecule has 1 aromatic rings. The highest BCUT2D eigenvalue weighted by Gasteiger charge is 2.22. The maximum absolute atomic E-state index is 12.2. The van der Waals surface area contributed by atoms with Crippen LogP contribution < -0.4 is 10.1 Å². The average Bonchev–Trinajstić information content (AvgIpc) is 2.37. The minimum atomic E-state index is -3.06. The first-order chi connectivity index (χ1) is 9.45. The van der Waals surface area contributed by atoms with Crippen molar-refractivity contribution in [3.05, 3.63) is 29.8 Å². The first kappa shape index (κ1) is 15.9. The van der Waals surface area contributed by atoms with Crippen molar-refractivity contribution < 1.29 is 28.2 Å². The molecule has 0 aromatic heterocycles. The molecule has 5 nitrogen and oxygen atoms in total. The van der Waals surface area contributed by atoms with Gasteiger partial charge in [-0.1, -0.05) is 25.5 Å². The fraction of sp³-hybridized carbons (Fsp3) is 0.385. The Balaban J connectivity index is 2.88. The van der Waals surface area contributed by atoms with Crippen LogP contribution in [0.15, 0.2) is 24.3 Å². The van der Waals surface area contributed by atoms with Crippen LogP contribution in [0.3, 0.4) is 0 Å². The molecule has 7 heteroatoms. The predicted molar refractivity (Wildman–Crippen MR) is 66.9 cm³/mol. The van der Waals surface area contributed by atoms with E-state index in [1.54, 1.807) is 6.92 Å². The molecule has 0 saturated carbocycles. The molecule has 0 aliphatic heterocycles. The maximum atomic E-state index is 12.2. The van der Waals surface area contributed by atoms with Gasteiger partial charge in [0.15, 0.2) is 0 Å². The summed E-state index contributed by atoms with van der Waals surface area (Å²) >= 11 is 0. The normalized spacial score (nSPS) is 12.0. The summed E-state index contributed by atoms with van der Waals surface area (Å²) in [6.45, 7) is -1.29. The third-order valence-corrected chi connectivity index (χ3v) is 2.53. The zero-order chi connectivity index (χ0) is 15.1. The van der Waals surface area contributed by atoms with Gasteiger partial charge in [-0.05, 0) is 18.6 Å². The number of carboxylic acid groups (broad SMARTS) is 1. The van der Waals surface area contributed by atoms with E-state index < -0.39 is 24.5 Å². The lowest BCUT2D eigenvalue weighted by Crippen LogP contribution is -2.40.